The molecule has 2 rings (SSSR count). The second-order valence-electron chi connectivity index (χ2n) is 7.02. The number of alkyl halides is 3. The molecule has 0 spiro atoms. The number of hydrogen-bond acceptors (Lipinski definition) is 3. The summed E-state index contributed by atoms with van der Waals surface area (Å²) in [6, 6.07) is 0.343. The molecule has 124 valence electrons. The van der Waals surface area contributed by atoms with Gasteiger partial charge in [0.05, 0.1) is 5.92 Å². The molecular formula is C15H28F3N3. The van der Waals surface area contributed by atoms with Gasteiger partial charge in [0.2, 0.25) is 0 Å². The predicted molar refractivity (Wildman–Crippen MR) is 78.1 cm³/mol. The molecule has 3 nitrogen and oxygen atoms in total. The highest BCUT2D eigenvalue weighted by Crippen LogP contribution is 2.45. The van der Waals surface area contributed by atoms with Crippen LogP contribution in [0.15, 0.2) is 0 Å². The van der Waals surface area contributed by atoms with Gasteiger partial charge in [-0.25, -0.2) is 0 Å². The van der Waals surface area contributed by atoms with Crippen LogP contribution in [0, 0.1) is 5.92 Å². The summed E-state index contributed by atoms with van der Waals surface area (Å²) in [6.07, 6.45) is -0.0773. The standard InChI is InChI=1S/C15H28F3N3/c1-20(2)10-13-6-4-8-21(13)14(11-19)7-3-5-12(9-14)15(16,17)18/h12-13H,3-11,19H2,1-2H3. The molecular weight excluding hydrogens is 279 g/mol. The van der Waals surface area contributed by atoms with Crippen molar-refractivity contribution in [3.8, 4) is 0 Å². The van der Waals surface area contributed by atoms with E-state index in [1.165, 1.54) is 0 Å². The molecule has 3 unspecified atom stereocenters. The Morgan fingerprint density at radius 3 is 2.52 bits per heavy atom. The molecule has 0 amide bonds. The highest BCUT2D eigenvalue weighted by Gasteiger charge is 2.51. The highest BCUT2D eigenvalue weighted by molar-refractivity contribution is 5.02. The first kappa shape index (κ1) is 17.0. The molecule has 1 heterocycles. The van der Waals surface area contributed by atoms with Gasteiger partial charge in [-0.05, 0) is 52.7 Å². The van der Waals surface area contributed by atoms with E-state index in [4.69, 9.17) is 5.73 Å². The van der Waals surface area contributed by atoms with E-state index in [1.807, 2.05) is 14.1 Å². The van der Waals surface area contributed by atoms with Gasteiger partial charge in [-0.1, -0.05) is 6.42 Å². The second-order valence-corrected chi connectivity index (χ2v) is 7.02. The molecule has 0 aromatic heterocycles. The third kappa shape index (κ3) is 3.71. The maximum atomic E-state index is 13.1. The number of nitrogens with two attached hydrogens (primary N) is 1. The first-order chi connectivity index (χ1) is 9.78. The van der Waals surface area contributed by atoms with Gasteiger partial charge in [-0.2, -0.15) is 13.2 Å². The van der Waals surface area contributed by atoms with Gasteiger partial charge in [0.1, 0.15) is 0 Å². The molecule has 1 aliphatic heterocycles. The van der Waals surface area contributed by atoms with Crippen molar-refractivity contribution in [1.29, 1.82) is 0 Å². The fourth-order valence-corrected chi connectivity index (χ4v) is 4.25. The lowest BCUT2D eigenvalue weighted by atomic mass is 9.74. The Labute approximate surface area is 125 Å². The largest absolute Gasteiger partial charge is 0.391 e. The maximum absolute atomic E-state index is 13.1. The minimum absolute atomic E-state index is 0.178. The SMILES string of the molecule is CN(C)CC1CCCN1C1(CN)CCCC(C(F)(F)F)C1. The van der Waals surface area contributed by atoms with Crippen molar-refractivity contribution in [1.82, 2.24) is 9.80 Å². The summed E-state index contributed by atoms with van der Waals surface area (Å²) in [5, 5.41) is 0. The van der Waals surface area contributed by atoms with E-state index in [9.17, 15) is 13.2 Å². The van der Waals surface area contributed by atoms with Crippen LogP contribution in [-0.2, 0) is 0 Å². The van der Waals surface area contributed by atoms with Crippen LogP contribution in [0.4, 0.5) is 13.2 Å². The van der Waals surface area contributed by atoms with E-state index in [2.05, 4.69) is 9.80 Å². The van der Waals surface area contributed by atoms with Gasteiger partial charge in [0.25, 0.3) is 0 Å². The van der Waals surface area contributed by atoms with Crippen molar-refractivity contribution in [3.05, 3.63) is 0 Å². The van der Waals surface area contributed by atoms with Crippen molar-refractivity contribution in [2.24, 2.45) is 11.7 Å². The quantitative estimate of drug-likeness (QED) is 0.866. The zero-order valence-electron chi connectivity index (χ0n) is 13.1. The average molecular weight is 307 g/mol. The molecule has 2 aliphatic rings. The van der Waals surface area contributed by atoms with Gasteiger partial charge < -0.3 is 10.6 Å². The Hall–Kier alpha value is -0.330. The first-order valence-electron chi connectivity index (χ1n) is 7.97. The number of hydrogen-bond donors (Lipinski definition) is 1. The van der Waals surface area contributed by atoms with Crippen LogP contribution in [0.5, 0.6) is 0 Å². The summed E-state index contributed by atoms with van der Waals surface area (Å²) >= 11 is 0. The zero-order chi connectivity index (χ0) is 15.7. The smallest absolute Gasteiger partial charge is 0.329 e. The number of rotatable bonds is 4. The summed E-state index contributed by atoms with van der Waals surface area (Å²) in [5.74, 6) is -1.18. The molecule has 0 aromatic rings. The van der Waals surface area contributed by atoms with Crippen LogP contribution >= 0.6 is 0 Å². The van der Waals surface area contributed by atoms with Crippen LogP contribution in [-0.4, -0.2) is 61.3 Å². The summed E-state index contributed by atoms with van der Waals surface area (Å²) in [6.45, 7) is 2.13. The van der Waals surface area contributed by atoms with Crippen molar-refractivity contribution in [2.45, 2.75) is 56.3 Å². The topological polar surface area (TPSA) is 32.5 Å². The van der Waals surface area contributed by atoms with Crippen molar-refractivity contribution >= 4 is 0 Å². The van der Waals surface area contributed by atoms with Gasteiger partial charge in [0.15, 0.2) is 0 Å². The van der Waals surface area contributed by atoms with Crippen molar-refractivity contribution in [3.63, 3.8) is 0 Å². The number of nitrogens with zero attached hydrogens (tertiary/aromatic N) is 2. The highest BCUT2D eigenvalue weighted by atomic mass is 19.4. The average Bonchev–Trinajstić information content (AvgIpc) is 2.85. The molecule has 6 heteroatoms. The van der Waals surface area contributed by atoms with Crippen LogP contribution < -0.4 is 5.73 Å². The molecule has 21 heavy (non-hydrogen) atoms. The molecule has 0 aromatic carbocycles. The third-order valence-corrected chi connectivity index (χ3v) is 5.23. The van der Waals surface area contributed by atoms with Crippen LogP contribution in [0.2, 0.25) is 0 Å². The lowest BCUT2D eigenvalue weighted by Gasteiger charge is -2.49. The summed E-state index contributed by atoms with van der Waals surface area (Å²) < 4.78 is 39.4. The maximum Gasteiger partial charge on any atom is 0.391 e. The number of likely N-dealkylation sites (tertiary alicyclic amines) is 1. The molecule has 2 N–H and O–H groups in total. The van der Waals surface area contributed by atoms with Crippen molar-refractivity contribution in [2.75, 3.05) is 33.7 Å². The molecule has 1 saturated heterocycles. The van der Waals surface area contributed by atoms with Gasteiger partial charge in [-0.3, -0.25) is 4.90 Å². The zero-order valence-corrected chi connectivity index (χ0v) is 13.1. The van der Waals surface area contributed by atoms with E-state index in [0.717, 1.165) is 32.4 Å². The van der Waals surface area contributed by atoms with Crippen LogP contribution in [0.1, 0.15) is 38.5 Å². The normalized spacial score (nSPS) is 35.6. The molecule has 1 saturated carbocycles. The van der Waals surface area contributed by atoms with E-state index in [1.54, 1.807) is 0 Å². The predicted octanol–water partition coefficient (Wildman–Crippen LogP) is 2.46. The van der Waals surface area contributed by atoms with Crippen LogP contribution in [0.25, 0.3) is 0 Å². The summed E-state index contributed by atoms with van der Waals surface area (Å²) in [4.78, 5) is 4.43. The number of halogens is 3. The van der Waals surface area contributed by atoms with Gasteiger partial charge >= 0.3 is 6.18 Å². The second kappa shape index (κ2) is 6.42. The molecule has 1 aliphatic carbocycles. The first-order valence-corrected chi connectivity index (χ1v) is 7.97. The van der Waals surface area contributed by atoms with E-state index in [0.29, 0.717) is 19.0 Å². The lowest BCUT2D eigenvalue weighted by molar-refractivity contribution is -0.194. The molecule has 3 atom stereocenters. The van der Waals surface area contributed by atoms with Crippen molar-refractivity contribution < 1.29 is 13.2 Å². The molecule has 0 radical (unpaired) electrons. The van der Waals surface area contributed by atoms with Gasteiger partial charge in [0, 0.05) is 24.7 Å². The third-order valence-electron chi connectivity index (χ3n) is 5.23. The van der Waals surface area contributed by atoms with E-state index >= 15 is 0 Å². The Bertz CT molecular complexity index is 346. The Morgan fingerprint density at radius 1 is 1.24 bits per heavy atom. The Kier molecular flexibility index (Phi) is 5.21. The molecule has 0 bridgehead atoms. The van der Waals surface area contributed by atoms with Gasteiger partial charge in [-0.15, -0.1) is 0 Å². The summed E-state index contributed by atoms with van der Waals surface area (Å²) in [7, 11) is 4.04. The number of likely N-dealkylation sites (N-methyl/N-ethyl adjacent to an activating group) is 1. The minimum Gasteiger partial charge on any atom is -0.329 e. The summed E-state index contributed by atoms with van der Waals surface area (Å²) in [5.41, 5.74) is 5.55. The molecule has 2 fully saturated rings. The minimum atomic E-state index is -4.09. The van der Waals surface area contributed by atoms with Crippen LogP contribution in [0.3, 0.4) is 0 Å². The fraction of sp³-hybridized carbons (Fsp3) is 1.00. The monoisotopic (exact) mass is 307 g/mol. The Balaban J connectivity index is 2.16. The lowest BCUT2D eigenvalue weighted by Crippen LogP contribution is -2.60. The van der Waals surface area contributed by atoms with E-state index < -0.39 is 17.6 Å². The Morgan fingerprint density at radius 2 is 1.95 bits per heavy atom. The van der Waals surface area contributed by atoms with E-state index in [-0.39, 0.29) is 12.8 Å². The fourth-order valence-electron chi connectivity index (χ4n) is 4.25.